The number of ether oxygens (including phenoxy) is 1. The first kappa shape index (κ1) is 13.4. The first-order valence-corrected chi connectivity index (χ1v) is 7.56. The summed E-state index contributed by atoms with van der Waals surface area (Å²) in [5.41, 5.74) is 3.05. The number of rotatable bonds is 2. The van der Waals surface area contributed by atoms with E-state index < -0.39 is 0 Å². The highest BCUT2D eigenvalue weighted by atomic mass is 16.6. The Morgan fingerprint density at radius 3 is 2.75 bits per heavy atom. The van der Waals surface area contributed by atoms with Crippen LogP contribution in [0.2, 0.25) is 0 Å². The summed E-state index contributed by atoms with van der Waals surface area (Å²) in [6.45, 7) is 6.35. The molecule has 20 heavy (non-hydrogen) atoms. The minimum atomic E-state index is -0.208. The third kappa shape index (κ3) is 2.51. The van der Waals surface area contributed by atoms with Crippen LogP contribution in [0.1, 0.15) is 57.3 Å². The normalized spacial score (nSPS) is 21.8. The summed E-state index contributed by atoms with van der Waals surface area (Å²) < 4.78 is 5.46. The fourth-order valence-electron chi connectivity index (χ4n) is 2.61. The molecule has 1 aromatic rings. The Bertz CT molecular complexity index is 523. The SMILES string of the molecule is CC(C)c1ccc2c(n1)CCC(C)N2C(=O)OC1CC1. The molecule has 1 saturated carbocycles. The van der Waals surface area contributed by atoms with Crippen molar-refractivity contribution in [1.82, 2.24) is 4.98 Å². The van der Waals surface area contributed by atoms with Crippen molar-refractivity contribution in [1.29, 1.82) is 0 Å². The lowest BCUT2D eigenvalue weighted by atomic mass is 10.00. The number of nitrogens with zero attached hydrogens (tertiary/aromatic N) is 2. The topological polar surface area (TPSA) is 42.4 Å². The van der Waals surface area contributed by atoms with Gasteiger partial charge in [0.05, 0.1) is 11.4 Å². The molecule has 3 rings (SSSR count). The third-order valence-corrected chi connectivity index (χ3v) is 4.05. The van der Waals surface area contributed by atoms with E-state index in [0.29, 0.717) is 5.92 Å². The average molecular weight is 274 g/mol. The summed E-state index contributed by atoms with van der Waals surface area (Å²) in [7, 11) is 0. The van der Waals surface area contributed by atoms with Gasteiger partial charge < -0.3 is 4.74 Å². The van der Waals surface area contributed by atoms with Crippen molar-refractivity contribution in [3.63, 3.8) is 0 Å². The Balaban J connectivity index is 1.89. The maximum atomic E-state index is 12.3. The zero-order valence-corrected chi connectivity index (χ0v) is 12.4. The van der Waals surface area contributed by atoms with Crippen molar-refractivity contribution < 1.29 is 9.53 Å². The number of anilines is 1. The molecule has 0 N–H and O–H groups in total. The maximum Gasteiger partial charge on any atom is 0.414 e. The Kier molecular flexibility index (Phi) is 3.40. The molecule has 1 fully saturated rings. The van der Waals surface area contributed by atoms with E-state index in [1.165, 1.54) is 0 Å². The van der Waals surface area contributed by atoms with Gasteiger partial charge in [-0.05, 0) is 50.7 Å². The van der Waals surface area contributed by atoms with Crippen LogP contribution in [0, 0.1) is 0 Å². The van der Waals surface area contributed by atoms with Crippen molar-refractivity contribution in [3.8, 4) is 0 Å². The van der Waals surface area contributed by atoms with Gasteiger partial charge in [-0.25, -0.2) is 4.79 Å². The van der Waals surface area contributed by atoms with Crippen molar-refractivity contribution >= 4 is 11.8 Å². The number of aromatic nitrogens is 1. The summed E-state index contributed by atoms with van der Waals surface area (Å²) in [5.74, 6) is 0.409. The molecule has 2 heterocycles. The molecular weight excluding hydrogens is 252 g/mol. The average Bonchev–Trinajstić information content (AvgIpc) is 3.21. The van der Waals surface area contributed by atoms with Gasteiger partial charge in [-0.15, -0.1) is 0 Å². The molecule has 1 amide bonds. The lowest BCUT2D eigenvalue weighted by Gasteiger charge is -2.34. The molecule has 1 unspecified atom stereocenters. The Labute approximate surface area is 120 Å². The van der Waals surface area contributed by atoms with Gasteiger partial charge in [-0.2, -0.15) is 0 Å². The van der Waals surface area contributed by atoms with Crippen LogP contribution < -0.4 is 4.90 Å². The number of amides is 1. The van der Waals surface area contributed by atoms with E-state index in [2.05, 4.69) is 20.8 Å². The Morgan fingerprint density at radius 2 is 2.10 bits per heavy atom. The van der Waals surface area contributed by atoms with Crippen LogP contribution in [0.4, 0.5) is 10.5 Å². The van der Waals surface area contributed by atoms with Gasteiger partial charge in [0.1, 0.15) is 6.10 Å². The predicted octanol–water partition coefficient (Wildman–Crippen LogP) is 3.65. The van der Waals surface area contributed by atoms with Crippen LogP contribution >= 0.6 is 0 Å². The van der Waals surface area contributed by atoms with Crippen molar-refractivity contribution in [2.75, 3.05) is 4.90 Å². The minimum Gasteiger partial charge on any atom is -0.446 e. The van der Waals surface area contributed by atoms with Crippen LogP contribution in [-0.2, 0) is 11.2 Å². The van der Waals surface area contributed by atoms with Crippen LogP contribution in [-0.4, -0.2) is 23.2 Å². The number of carbonyl (C=O) groups excluding carboxylic acids is 1. The van der Waals surface area contributed by atoms with Crippen molar-refractivity contribution in [2.24, 2.45) is 0 Å². The Hall–Kier alpha value is -1.58. The zero-order valence-electron chi connectivity index (χ0n) is 12.4. The summed E-state index contributed by atoms with van der Waals surface area (Å²) in [4.78, 5) is 18.8. The molecule has 4 heteroatoms. The van der Waals surface area contributed by atoms with E-state index in [4.69, 9.17) is 9.72 Å². The van der Waals surface area contributed by atoms with Gasteiger partial charge in [-0.1, -0.05) is 13.8 Å². The number of pyridine rings is 1. The highest BCUT2D eigenvalue weighted by Gasteiger charge is 2.34. The number of hydrogen-bond donors (Lipinski definition) is 0. The number of aryl methyl sites for hydroxylation is 1. The van der Waals surface area contributed by atoms with Gasteiger partial charge in [0.15, 0.2) is 0 Å². The molecule has 1 aliphatic heterocycles. The fourth-order valence-corrected chi connectivity index (χ4v) is 2.61. The van der Waals surface area contributed by atoms with Crippen LogP contribution in [0.3, 0.4) is 0 Å². The molecule has 0 spiro atoms. The van der Waals surface area contributed by atoms with E-state index >= 15 is 0 Å². The monoisotopic (exact) mass is 274 g/mol. The van der Waals surface area contributed by atoms with E-state index in [1.54, 1.807) is 4.90 Å². The van der Waals surface area contributed by atoms with Gasteiger partial charge in [0.2, 0.25) is 0 Å². The molecule has 1 aliphatic carbocycles. The molecular formula is C16H22N2O2. The second-order valence-electron chi connectivity index (χ2n) is 6.20. The number of hydrogen-bond acceptors (Lipinski definition) is 3. The quantitative estimate of drug-likeness (QED) is 0.826. The Morgan fingerprint density at radius 1 is 1.35 bits per heavy atom. The molecule has 0 radical (unpaired) electrons. The molecule has 108 valence electrons. The van der Waals surface area contributed by atoms with E-state index in [9.17, 15) is 4.79 Å². The van der Waals surface area contributed by atoms with Crippen molar-refractivity contribution in [2.45, 2.75) is 64.5 Å². The second-order valence-corrected chi connectivity index (χ2v) is 6.20. The molecule has 1 atom stereocenters. The first-order valence-electron chi connectivity index (χ1n) is 7.56. The molecule has 1 aromatic heterocycles. The lowest BCUT2D eigenvalue weighted by Crippen LogP contribution is -2.43. The highest BCUT2D eigenvalue weighted by Crippen LogP contribution is 2.33. The molecule has 4 nitrogen and oxygen atoms in total. The summed E-state index contributed by atoms with van der Waals surface area (Å²) >= 11 is 0. The fraction of sp³-hybridized carbons (Fsp3) is 0.625. The van der Waals surface area contributed by atoms with Crippen LogP contribution in [0.5, 0.6) is 0 Å². The van der Waals surface area contributed by atoms with E-state index in [0.717, 1.165) is 42.8 Å². The third-order valence-electron chi connectivity index (χ3n) is 4.05. The van der Waals surface area contributed by atoms with Crippen LogP contribution in [0.25, 0.3) is 0 Å². The summed E-state index contributed by atoms with van der Waals surface area (Å²) in [6.07, 6.45) is 3.82. The number of fused-ring (bicyclic) bond motifs is 1. The molecule has 0 saturated heterocycles. The molecule has 2 aliphatic rings. The van der Waals surface area contributed by atoms with Crippen molar-refractivity contribution in [3.05, 3.63) is 23.5 Å². The van der Waals surface area contributed by atoms with Gasteiger partial charge in [-0.3, -0.25) is 9.88 Å². The standard InChI is InChI=1S/C16H22N2O2/c1-10(2)13-8-9-15-14(17-13)7-4-11(3)18(15)16(19)20-12-5-6-12/h8-12H,4-7H2,1-3H3. The highest BCUT2D eigenvalue weighted by molar-refractivity contribution is 5.89. The predicted molar refractivity (Wildman–Crippen MR) is 78.1 cm³/mol. The smallest absolute Gasteiger partial charge is 0.414 e. The lowest BCUT2D eigenvalue weighted by molar-refractivity contribution is 0.143. The summed E-state index contributed by atoms with van der Waals surface area (Å²) in [6, 6.07) is 4.24. The molecule has 0 aromatic carbocycles. The largest absolute Gasteiger partial charge is 0.446 e. The minimum absolute atomic E-state index is 0.142. The maximum absolute atomic E-state index is 12.3. The number of carbonyl (C=O) groups is 1. The van der Waals surface area contributed by atoms with Crippen LogP contribution in [0.15, 0.2) is 12.1 Å². The summed E-state index contributed by atoms with van der Waals surface area (Å²) in [5, 5.41) is 0. The zero-order chi connectivity index (χ0) is 14.3. The second kappa shape index (κ2) is 5.08. The molecule has 0 bridgehead atoms. The van der Waals surface area contributed by atoms with E-state index in [1.807, 2.05) is 12.1 Å². The van der Waals surface area contributed by atoms with E-state index in [-0.39, 0.29) is 18.2 Å². The first-order chi connectivity index (χ1) is 9.56. The van der Waals surface area contributed by atoms with Gasteiger partial charge in [0.25, 0.3) is 0 Å². The van der Waals surface area contributed by atoms with Gasteiger partial charge >= 0.3 is 6.09 Å². The van der Waals surface area contributed by atoms with Gasteiger partial charge in [0, 0.05) is 11.7 Å².